The maximum Gasteiger partial charge on any atom is 0.326 e. The molecule has 0 aromatic carbocycles. The van der Waals surface area contributed by atoms with Gasteiger partial charge in [-0.2, -0.15) is 0 Å². The van der Waals surface area contributed by atoms with Gasteiger partial charge in [-0.25, -0.2) is 4.72 Å². The summed E-state index contributed by atoms with van der Waals surface area (Å²) in [6.07, 6.45) is -5.04. The lowest BCUT2D eigenvalue weighted by Crippen LogP contribution is -2.62. The topological polar surface area (TPSA) is 173 Å². The number of carbonyl (C=O) groups excluding carboxylic acids is 5. The zero-order valence-corrected chi connectivity index (χ0v) is 19.0. The van der Waals surface area contributed by atoms with Crippen molar-refractivity contribution in [3.8, 4) is 0 Å². The molecule has 1 aliphatic heterocycles. The van der Waals surface area contributed by atoms with Crippen molar-refractivity contribution in [1.29, 1.82) is 0 Å². The molecule has 14 heteroatoms. The lowest BCUT2D eigenvalue weighted by Gasteiger charge is -2.44. The van der Waals surface area contributed by atoms with Gasteiger partial charge in [-0.1, -0.05) is 0 Å². The number of esters is 5. The molecule has 13 nitrogen and oxygen atoms in total. The van der Waals surface area contributed by atoms with Crippen molar-refractivity contribution in [3.05, 3.63) is 0 Å². The molecule has 1 unspecified atom stereocenters. The molecule has 0 aliphatic carbocycles. The van der Waals surface area contributed by atoms with E-state index in [1.165, 1.54) is 0 Å². The molecule has 1 heterocycles. The molecule has 0 amide bonds. The average Bonchev–Trinajstić information content (AvgIpc) is 2.69. The summed E-state index contributed by atoms with van der Waals surface area (Å²) in [6.45, 7) is 3.48. The first kappa shape index (κ1) is 27.6. The van der Waals surface area contributed by atoms with Gasteiger partial charge in [-0.05, 0) is 11.9 Å². The van der Waals surface area contributed by atoms with Gasteiger partial charge < -0.3 is 33.5 Å². The summed E-state index contributed by atoms with van der Waals surface area (Å²) in [7, 11) is 1.13. The second-order valence-corrected chi connectivity index (χ2v) is 7.50. The van der Waals surface area contributed by atoms with Crippen LogP contribution in [-0.2, 0) is 52.4 Å². The molecule has 0 aromatic rings. The summed E-state index contributed by atoms with van der Waals surface area (Å²) in [6, 6.07) is -1.16. The van der Waals surface area contributed by atoms with Gasteiger partial charge in [0, 0.05) is 27.7 Å². The molecule has 0 spiro atoms. The van der Waals surface area contributed by atoms with E-state index in [4.69, 9.17) is 23.7 Å². The predicted octanol–water partition coefficient (Wildman–Crippen LogP) is -1.16. The van der Waals surface area contributed by atoms with Gasteiger partial charge in [-0.3, -0.25) is 24.0 Å². The minimum Gasteiger partial charge on any atom is -0.468 e. The monoisotopic (exact) mass is 481 g/mol. The molecule has 0 bridgehead atoms. The van der Waals surface area contributed by atoms with Crippen LogP contribution in [0.5, 0.6) is 0 Å². The molecular weight excluding hydrogens is 454 g/mol. The van der Waals surface area contributed by atoms with E-state index in [9.17, 15) is 29.1 Å². The normalized spacial score (nSPS) is 25.8. The fraction of sp³-hybridized carbons (Fsp3) is 0.722. The van der Waals surface area contributed by atoms with Gasteiger partial charge in [-0.15, -0.1) is 0 Å². The van der Waals surface area contributed by atoms with Gasteiger partial charge in [0.1, 0.15) is 18.8 Å². The highest BCUT2D eigenvalue weighted by atomic mass is 32.2. The summed E-state index contributed by atoms with van der Waals surface area (Å²) in [5.74, 6) is -3.69. The van der Waals surface area contributed by atoms with E-state index in [1.54, 1.807) is 0 Å². The Bertz CT molecular complexity index is 701. The number of hydrogen-bond donors (Lipinski definition) is 2. The van der Waals surface area contributed by atoms with E-state index in [0.29, 0.717) is 0 Å². The highest BCUT2D eigenvalue weighted by Crippen LogP contribution is 2.33. The van der Waals surface area contributed by atoms with Crippen LogP contribution in [0.3, 0.4) is 0 Å². The Morgan fingerprint density at radius 3 is 1.91 bits per heavy atom. The SMILES string of the molecule is COC(=O)C(CO)NS[C@@H]1O[C@H](COC(C)=O)[C@@H](OC(C)=O)[C@H](OC(C)=O)[C@H]1OC(C)=O. The molecular formula is C18H27NO12S. The summed E-state index contributed by atoms with van der Waals surface area (Å²) in [4.78, 5) is 58.2. The number of ether oxygens (including phenoxy) is 6. The Hall–Kier alpha value is -2.42. The lowest BCUT2D eigenvalue weighted by atomic mass is 9.99. The van der Waals surface area contributed by atoms with Crippen LogP contribution in [-0.4, -0.2) is 91.2 Å². The van der Waals surface area contributed by atoms with Crippen LogP contribution < -0.4 is 4.72 Å². The maximum absolute atomic E-state index is 11.7. The van der Waals surface area contributed by atoms with E-state index in [2.05, 4.69) is 9.46 Å². The Balaban J connectivity index is 3.28. The number of aliphatic hydroxyl groups is 1. The van der Waals surface area contributed by atoms with Crippen molar-refractivity contribution >= 4 is 41.8 Å². The number of carbonyl (C=O) groups is 5. The Labute approximate surface area is 188 Å². The van der Waals surface area contributed by atoms with Gasteiger partial charge >= 0.3 is 29.8 Å². The minimum atomic E-state index is -1.33. The van der Waals surface area contributed by atoms with Crippen molar-refractivity contribution in [1.82, 2.24) is 4.72 Å². The van der Waals surface area contributed by atoms with Crippen LogP contribution in [0.4, 0.5) is 0 Å². The molecule has 0 aromatic heterocycles. The van der Waals surface area contributed by atoms with Crippen molar-refractivity contribution in [2.75, 3.05) is 20.3 Å². The molecule has 0 saturated carbocycles. The number of hydrogen-bond acceptors (Lipinski definition) is 14. The lowest BCUT2D eigenvalue weighted by molar-refractivity contribution is -0.237. The zero-order valence-electron chi connectivity index (χ0n) is 18.2. The van der Waals surface area contributed by atoms with Gasteiger partial charge in [0.15, 0.2) is 23.7 Å². The van der Waals surface area contributed by atoms with Crippen LogP contribution in [0.25, 0.3) is 0 Å². The second-order valence-electron chi connectivity index (χ2n) is 6.56. The van der Waals surface area contributed by atoms with Gasteiger partial charge in [0.05, 0.1) is 13.7 Å². The zero-order chi connectivity index (χ0) is 24.4. The molecule has 2 N–H and O–H groups in total. The highest BCUT2D eigenvalue weighted by Gasteiger charge is 2.52. The Morgan fingerprint density at radius 1 is 0.906 bits per heavy atom. The minimum absolute atomic E-state index is 0.380. The van der Waals surface area contributed by atoms with Crippen molar-refractivity contribution < 1.29 is 57.5 Å². The van der Waals surface area contributed by atoms with Crippen LogP contribution in [0, 0.1) is 0 Å². The third-order valence-corrected chi connectivity index (χ3v) is 4.98. The van der Waals surface area contributed by atoms with E-state index in [0.717, 1.165) is 46.8 Å². The Kier molecular flexibility index (Phi) is 11.4. The van der Waals surface area contributed by atoms with Crippen LogP contribution in [0.15, 0.2) is 0 Å². The van der Waals surface area contributed by atoms with Gasteiger partial charge in [0.2, 0.25) is 0 Å². The first-order valence-corrected chi connectivity index (χ1v) is 10.3. The van der Waals surface area contributed by atoms with Crippen molar-refractivity contribution in [2.45, 2.75) is 63.6 Å². The molecule has 1 aliphatic rings. The summed E-state index contributed by atoms with van der Waals surface area (Å²) in [5.41, 5.74) is -1.14. The average molecular weight is 481 g/mol. The molecule has 182 valence electrons. The van der Waals surface area contributed by atoms with E-state index in [-0.39, 0.29) is 6.61 Å². The van der Waals surface area contributed by atoms with Crippen LogP contribution in [0.2, 0.25) is 0 Å². The smallest absolute Gasteiger partial charge is 0.326 e. The Morgan fingerprint density at radius 2 is 1.44 bits per heavy atom. The highest BCUT2D eigenvalue weighted by molar-refractivity contribution is 7.98. The third-order valence-electron chi connectivity index (χ3n) is 3.94. The maximum atomic E-state index is 11.7. The second kappa shape index (κ2) is 13.2. The molecule has 32 heavy (non-hydrogen) atoms. The fourth-order valence-corrected chi connectivity index (χ4v) is 3.75. The predicted molar refractivity (Wildman–Crippen MR) is 106 cm³/mol. The summed E-state index contributed by atoms with van der Waals surface area (Å²) < 4.78 is 33.8. The van der Waals surface area contributed by atoms with Crippen molar-refractivity contribution in [3.63, 3.8) is 0 Å². The fourth-order valence-electron chi connectivity index (χ4n) is 2.73. The number of nitrogens with one attached hydrogen (secondary N) is 1. The molecule has 1 saturated heterocycles. The van der Waals surface area contributed by atoms with E-state index < -0.39 is 72.3 Å². The van der Waals surface area contributed by atoms with Crippen molar-refractivity contribution in [2.24, 2.45) is 0 Å². The van der Waals surface area contributed by atoms with Crippen LogP contribution >= 0.6 is 11.9 Å². The largest absolute Gasteiger partial charge is 0.468 e. The summed E-state index contributed by atoms with van der Waals surface area (Å²) >= 11 is 0.731. The van der Waals surface area contributed by atoms with E-state index in [1.807, 2.05) is 0 Å². The quantitative estimate of drug-likeness (QED) is 0.217. The standard InChI is InChI=1S/C18H27NO12S/c1-8(21)27-7-13-14(28-9(2)22)15(29-10(3)23)16(30-11(4)24)18(31-13)32-19-12(6-20)17(25)26-5/h12-16,18-20H,6-7H2,1-5H3/t12?,13-,14-,15+,16-,18+/m1/s1. The summed E-state index contributed by atoms with van der Waals surface area (Å²) in [5, 5.41) is 9.39. The number of methoxy groups -OCH3 is 1. The van der Waals surface area contributed by atoms with Gasteiger partial charge in [0.25, 0.3) is 0 Å². The molecule has 1 rings (SSSR count). The first-order valence-electron chi connectivity index (χ1n) is 9.40. The first-order chi connectivity index (χ1) is 15.0. The van der Waals surface area contributed by atoms with E-state index >= 15 is 0 Å². The third kappa shape index (κ3) is 8.61. The number of aliphatic hydroxyl groups excluding tert-OH is 1. The molecule has 6 atom stereocenters. The number of rotatable bonds is 10. The molecule has 0 radical (unpaired) electrons. The van der Waals surface area contributed by atoms with Crippen LogP contribution in [0.1, 0.15) is 27.7 Å². The molecule has 1 fully saturated rings.